The third kappa shape index (κ3) is 11.1. The number of carbonyl (C=O) groups is 4. The van der Waals surface area contributed by atoms with E-state index in [1.165, 1.54) is 12.1 Å². The Morgan fingerprint density at radius 3 is 1.55 bits per heavy atom. The third-order valence-corrected chi connectivity index (χ3v) is 10.5. The molecule has 1 saturated carbocycles. The van der Waals surface area contributed by atoms with Crippen molar-refractivity contribution in [2.24, 2.45) is 5.41 Å². The maximum absolute atomic E-state index is 12.9. The van der Waals surface area contributed by atoms with Crippen LogP contribution in [0.2, 0.25) is 0 Å². The van der Waals surface area contributed by atoms with E-state index >= 15 is 0 Å². The highest BCUT2D eigenvalue weighted by Gasteiger charge is 2.35. The number of hydrogen-bond acceptors (Lipinski definition) is 13. The second-order valence-corrected chi connectivity index (χ2v) is 15.1. The molecular formula is C47H42N6O11. The molecule has 7 N–H and O–H groups in total. The summed E-state index contributed by atoms with van der Waals surface area (Å²) in [6.07, 6.45) is 2.41. The highest BCUT2D eigenvalue weighted by Crippen LogP contribution is 2.40. The van der Waals surface area contributed by atoms with Gasteiger partial charge in [0.05, 0.1) is 18.9 Å². The molecule has 17 heteroatoms. The van der Waals surface area contributed by atoms with Crippen molar-refractivity contribution in [1.82, 2.24) is 20.6 Å². The Morgan fingerprint density at radius 2 is 1.11 bits per heavy atom. The number of nitrogens with zero attached hydrogens (tertiary/aromatic N) is 4. The van der Waals surface area contributed by atoms with Crippen LogP contribution in [0.4, 0.5) is 0 Å². The van der Waals surface area contributed by atoms with Gasteiger partial charge in [-0.2, -0.15) is 10.5 Å². The van der Waals surface area contributed by atoms with Crippen molar-refractivity contribution >= 4 is 45.3 Å². The summed E-state index contributed by atoms with van der Waals surface area (Å²) in [5.74, 6) is -2.31. The first-order chi connectivity index (χ1) is 30.8. The topological polar surface area (TPSA) is 285 Å². The summed E-state index contributed by atoms with van der Waals surface area (Å²) in [4.78, 5) is 55.3. The quantitative estimate of drug-likeness (QED) is 0.0584. The minimum Gasteiger partial charge on any atom is -0.505 e. The number of carboxylic acid groups (broad SMARTS) is 2. The zero-order valence-electron chi connectivity index (χ0n) is 34.2. The predicted molar refractivity (Wildman–Crippen MR) is 230 cm³/mol. The Morgan fingerprint density at radius 1 is 0.641 bits per heavy atom. The zero-order chi connectivity index (χ0) is 45.8. The fraction of sp³-hybridized carbons (Fsp3) is 0.234. The molecule has 0 unspecified atom stereocenters. The highest BCUT2D eigenvalue weighted by atomic mass is 16.5. The number of nitrogens with one attached hydrogen (secondary N) is 2. The monoisotopic (exact) mass is 866 g/mol. The minimum absolute atomic E-state index is 0.0191. The number of benzene rings is 4. The number of aliphatic hydroxyl groups excluding tert-OH is 1. The van der Waals surface area contributed by atoms with E-state index in [0.717, 1.165) is 19.3 Å². The molecule has 2 heterocycles. The second-order valence-electron chi connectivity index (χ2n) is 15.1. The van der Waals surface area contributed by atoms with E-state index in [2.05, 4.69) is 20.6 Å². The Labute approximate surface area is 365 Å². The van der Waals surface area contributed by atoms with Crippen molar-refractivity contribution in [2.75, 3.05) is 13.1 Å². The molecule has 1 aliphatic rings. The maximum Gasteiger partial charge on any atom is 0.306 e. The summed E-state index contributed by atoms with van der Waals surface area (Å²) in [7, 11) is 0. The Kier molecular flexibility index (Phi) is 14.5. The summed E-state index contributed by atoms with van der Waals surface area (Å²) in [5.41, 5.74) is -1.30. The van der Waals surface area contributed by atoms with Crippen LogP contribution in [0.15, 0.2) is 97.1 Å². The molecule has 1 atom stereocenters. The molecule has 0 aliphatic heterocycles. The van der Waals surface area contributed by atoms with Gasteiger partial charge in [-0.15, -0.1) is 0 Å². The SMILES string of the molecule is N#Cc1nc(C(=O)NCC2(CC(=O)O)CCCCC2)c(O)c2ccc(Oc3ccccc3)cc12.N#Cc1nc(C(=O)NC[C@@H](O)CC(=O)O)c(O)c2ccc(Oc3ccccc3)cc12. The number of carbonyl (C=O) groups excluding carboxylic acids is 2. The fourth-order valence-electron chi connectivity index (χ4n) is 7.38. The van der Waals surface area contributed by atoms with Gasteiger partial charge in [0.25, 0.3) is 11.8 Å². The van der Waals surface area contributed by atoms with E-state index in [1.807, 2.05) is 48.5 Å². The van der Waals surface area contributed by atoms with Gasteiger partial charge in [-0.25, -0.2) is 9.97 Å². The van der Waals surface area contributed by atoms with Gasteiger partial charge in [-0.3, -0.25) is 19.2 Å². The van der Waals surface area contributed by atoms with Gasteiger partial charge in [-0.1, -0.05) is 55.7 Å². The molecule has 0 spiro atoms. The van der Waals surface area contributed by atoms with E-state index in [1.54, 1.807) is 48.5 Å². The van der Waals surface area contributed by atoms with Gasteiger partial charge >= 0.3 is 11.9 Å². The molecule has 4 aromatic carbocycles. The van der Waals surface area contributed by atoms with Crippen molar-refractivity contribution in [3.05, 3.63) is 120 Å². The number of carboxylic acids is 2. The van der Waals surface area contributed by atoms with Crippen LogP contribution in [0.25, 0.3) is 21.5 Å². The van der Waals surface area contributed by atoms with Crippen molar-refractivity contribution in [2.45, 2.75) is 51.0 Å². The predicted octanol–water partition coefficient (Wildman–Crippen LogP) is 6.93. The first-order valence-electron chi connectivity index (χ1n) is 20.1. The second kappa shape index (κ2) is 20.5. The molecule has 64 heavy (non-hydrogen) atoms. The van der Waals surface area contributed by atoms with Crippen molar-refractivity contribution in [3.8, 4) is 46.6 Å². The molecule has 17 nitrogen and oxygen atoms in total. The van der Waals surface area contributed by atoms with E-state index < -0.39 is 53.1 Å². The molecule has 0 bridgehead atoms. The Bertz CT molecular complexity index is 2780. The molecule has 2 amide bonds. The summed E-state index contributed by atoms with van der Waals surface area (Å²) in [5, 5.41) is 74.2. The van der Waals surface area contributed by atoms with Crippen LogP contribution >= 0.6 is 0 Å². The lowest BCUT2D eigenvalue weighted by Crippen LogP contribution is -2.40. The van der Waals surface area contributed by atoms with E-state index in [4.69, 9.17) is 14.6 Å². The third-order valence-electron chi connectivity index (χ3n) is 10.5. The average molecular weight is 867 g/mol. The van der Waals surface area contributed by atoms with Gasteiger partial charge in [-0.05, 0) is 78.9 Å². The van der Waals surface area contributed by atoms with Gasteiger partial charge in [0.2, 0.25) is 0 Å². The van der Waals surface area contributed by atoms with Crippen LogP contribution < -0.4 is 20.1 Å². The number of rotatable bonds is 14. The van der Waals surface area contributed by atoms with Crippen LogP contribution in [-0.2, 0) is 9.59 Å². The molecule has 2 aromatic heterocycles. The van der Waals surface area contributed by atoms with Crippen LogP contribution in [-0.4, -0.2) is 78.4 Å². The lowest BCUT2D eigenvalue weighted by atomic mass is 9.71. The van der Waals surface area contributed by atoms with Gasteiger partial charge in [0, 0.05) is 34.6 Å². The number of nitriles is 2. The van der Waals surface area contributed by atoms with Crippen molar-refractivity contribution in [3.63, 3.8) is 0 Å². The molecule has 7 rings (SSSR count). The molecule has 1 aliphatic carbocycles. The number of aliphatic hydroxyl groups is 1. The number of amides is 2. The Hall–Kier alpha value is -8.28. The maximum atomic E-state index is 12.9. The lowest BCUT2D eigenvalue weighted by Gasteiger charge is -2.36. The summed E-state index contributed by atoms with van der Waals surface area (Å²) < 4.78 is 11.5. The zero-order valence-corrected chi connectivity index (χ0v) is 34.2. The first-order valence-corrected chi connectivity index (χ1v) is 20.1. The van der Waals surface area contributed by atoms with E-state index in [-0.39, 0.29) is 47.7 Å². The molecule has 1 fully saturated rings. The number of para-hydroxylation sites is 2. The summed E-state index contributed by atoms with van der Waals surface area (Å²) >= 11 is 0. The summed E-state index contributed by atoms with van der Waals surface area (Å²) in [6.45, 7) is -0.181. The van der Waals surface area contributed by atoms with Crippen LogP contribution in [0, 0.1) is 28.1 Å². The molecular weight excluding hydrogens is 825 g/mol. The number of fused-ring (bicyclic) bond motifs is 2. The molecule has 0 radical (unpaired) electrons. The smallest absolute Gasteiger partial charge is 0.306 e. The van der Waals surface area contributed by atoms with Gasteiger partial charge in [0.1, 0.15) is 46.5 Å². The average Bonchev–Trinajstić information content (AvgIpc) is 3.28. The minimum atomic E-state index is -1.30. The van der Waals surface area contributed by atoms with Crippen LogP contribution in [0.1, 0.15) is 77.3 Å². The normalized spacial score (nSPS) is 13.2. The lowest BCUT2D eigenvalue weighted by molar-refractivity contribution is -0.141. The number of aliphatic carboxylic acids is 2. The van der Waals surface area contributed by atoms with Gasteiger partial charge < -0.3 is 45.6 Å². The molecule has 6 aromatic rings. The number of pyridine rings is 2. The summed E-state index contributed by atoms with van der Waals surface area (Å²) in [6, 6.07) is 31.4. The fourth-order valence-corrected chi connectivity index (χ4v) is 7.38. The van der Waals surface area contributed by atoms with E-state index in [9.17, 15) is 50.1 Å². The van der Waals surface area contributed by atoms with Crippen molar-refractivity contribution < 1.29 is 54.2 Å². The van der Waals surface area contributed by atoms with Gasteiger partial charge in [0.15, 0.2) is 22.9 Å². The number of aromatic hydroxyl groups is 2. The molecule has 326 valence electrons. The van der Waals surface area contributed by atoms with Crippen LogP contribution in [0.3, 0.4) is 0 Å². The van der Waals surface area contributed by atoms with Crippen molar-refractivity contribution in [1.29, 1.82) is 10.5 Å². The number of ether oxygens (including phenoxy) is 2. The first kappa shape index (κ1) is 45.3. The number of aromatic nitrogens is 2. The van der Waals surface area contributed by atoms with E-state index in [0.29, 0.717) is 52.0 Å². The van der Waals surface area contributed by atoms with Crippen LogP contribution in [0.5, 0.6) is 34.5 Å². The standard InChI is InChI=1S/C26H25N3O5.C21H17N3O6/c27-15-21-20-13-18(34-17-7-3-1-4-8-17)9-10-19(20)24(32)23(29-21)25(33)28-16-26(14-22(30)31)11-5-2-6-12-26;22-10-17-16-9-14(30-13-4-2-1-3-5-13)6-7-15(16)20(28)19(24-17)21(29)23-11-12(25)8-18(26)27/h1,3-4,7-10,13,32H,2,5-6,11-12,14,16H2,(H,28,33)(H,30,31);1-7,9,12,25,28H,8,11H2,(H,23,29)(H,26,27)/t;12-/m.0/s1. The number of hydrogen-bond donors (Lipinski definition) is 7. The largest absolute Gasteiger partial charge is 0.505 e. The molecule has 0 saturated heterocycles. The highest BCUT2D eigenvalue weighted by molar-refractivity contribution is 6.04. The Balaban J connectivity index is 0.000000214.